The average molecular weight is 376 g/mol. The number of hydrogen-bond donors (Lipinski definition) is 1. The maximum atomic E-state index is 12.5. The molecule has 1 aromatic carbocycles. The molecule has 1 aliphatic heterocycles. The van der Waals surface area contributed by atoms with Crippen LogP contribution in [0.15, 0.2) is 6.07 Å². The topological polar surface area (TPSA) is 94.2 Å². The molecule has 2 aliphatic rings. The lowest BCUT2D eigenvalue weighted by Gasteiger charge is -2.24. The number of ketones is 1. The molecule has 1 fully saturated rings. The minimum absolute atomic E-state index is 0.0885. The van der Waals surface area contributed by atoms with Gasteiger partial charge >= 0.3 is 0 Å². The molecular formula is C19H24N2O6. The van der Waals surface area contributed by atoms with Crippen molar-refractivity contribution in [3.8, 4) is 17.2 Å². The number of nitrogens with one attached hydrogen (secondary N) is 1. The maximum absolute atomic E-state index is 12.5. The van der Waals surface area contributed by atoms with Crippen molar-refractivity contribution in [2.45, 2.75) is 38.1 Å². The summed E-state index contributed by atoms with van der Waals surface area (Å²) >= 11 is 0. The predicted molar refractivity (Wildman–Crippen MR) is 97.8 cm³/mol. The Labute approximate surface area is 157 Å². The number of carbonyl (C=O) groups is 3. The Kier molecular flexibility index (Phi) is 5.53. The summed E-state index contributed by atoms with van der Waals surface area (Å²) in [5.74, 6) is -1.11. The fraction of sp³-hybridized carbons (Fsp3) is 0.526. The Morgan fingerprint density at radius 1 is 1.07 bits per heavy atom. The van der Waals surface area contributed by atoms with E-state index in [4.69, 9.17) is 14.2 Å². The van der Waals surface area contributed by atoms with E-state index >= 15 is 0 Å². The summed E-state index contributed by atoms with van der Waals surface area (Å²) < 4.78 is 15.9. The van der Waals surface area contributed by atoms with Gasteiger partial charge in [-0.3, -0.25) is 19.3 Å². The molecule has 1 heterocycles. The second kappa shape index (κ2) is 7.85. The lowest BCUT2D eigenvalue weighted by Crippen LogP contribution is -2.44. The van der Waals surface area contributed by atoms with Crippen LogP contribution in [0.25, 0.3) is 0 Å². The first-order valence-corrected chi connectivity index (χ1v) is 9.00. The minimum atomic E-state index is -0.766. The maximum Gasteiger partial charge on any atom is 0.300 e. The van der Waals surface area contributed by atoms with Gasteiger partial charge in [0.25, 0.3) is 11.7 Å². The summed E-state index contributed by atoms with van der Waals surface area (Å²) in [5.41, 5.74) is 0.379. The normalized spacial score (nSPS) is 16.9. The number of amides is 2. The van der Waals surface area contributed by atoms with Crippen molar-refractivity contribution in [2.75, 3.05) is 32.8 Å². The van der Waals surface area contributed by atoms with Gasteiger partial charge in [-0.25, -0.2) is 0 Å². The van der Waals surface area contributed by atoms with Crippen LogP contribution in [-0.2, 0) is 9.59 Å². The SMILES string of the molecule is COc1cc2c(c(OC)c1OC)C(=O)C(=O)N2CC(=O)NC1CCCCC1. The van der Waals surface area contributed by atoms with Crippen LogP contribution in [0.4, 0.5) is 5.69 Å². The van der Waals surface area contributed by atoms with Crippen LogP contribution < -0.4 is 24.4 Å². The highest BCUT2D eigenvalue weighted by Crippen LogP contribution is 2.47. The highest BCUT2D eigenvalue weighted by Gasteiger charge is 2.42. The van der Waals surface area contributed by atoms with E-state index in [2.05, 4.69) is 5.32 Å². The third kappa shape index (κ3) is 3.43. The molecule has 2 amide bonds. The van der Waals surface area contributed by atoms with Crippen molar-refractivity contribution in [1.82, 2.24) is 5.32 Å². The first kappa shape index (κ1) is 19.0. The van der Waals surface area contributed by atoms with Crippen LogP contribution in [0.1, 0.15) is 42.5 Å². The van der Waals surface area contributed by atoms with Crippen molar-refractivity contribution >= 4 is 23.3 Å². The van der Waals surface area contributed by atoms with Gasteiger partial charge in [-0.05, 0) is 12.8 Å². The summed E-state index contributed by atoms with van der Waals surface area (Å²) in [6.07, 6.45) is 5.23. The molecule has 0 bridgehead atoms. The lowest BCUT2D eigenvalue weighted by atomic mass is 9.95. The molecule has 146 valence electrons. The largest absolute Gasteiger partial charge is 0.493 e. The van der Waals surface area contributed by atoms with Crippen LogP contribution in [0.5, 0.6) is 17.2 Å². The lowest BCUT2D eigenvalue weighted by molar-refractivity contribution is -0.122. The highest BCUT2D eigenvalue weighted by atomic mass is 16.5. The van der Waals surface area contributed by atoms with Gasteiger partial charge in [0.05, 0.1) is 32.6 Å². The van der Waals surface area contributed by atoms with E-state index in [1.807, 2.05) is 0 Å². The average Bonchev–Trinajstić information content (AvgIpc) is 2.91. The summed E-state index contributed by atoms with van der Waals surface area (Å²) in [5, 5.41) is 2.96. The zero-order chi connectivity index (χ0) is 19.6. The van der Waals surface area contributed by atoms with E-state index in [1.165, 1.54) is 38.7 Å². The third-order valence-corrected chi connectivity index (χ3v) is 5.04. The van der Waals surface area contributed by atoms with Crippen molar-refractivity contribution in [1.29, 1.82) is 0 Å². The van der Waals surface area contributed by atoms with E-state index in [1.54, 1.807) is 0 Å². The first-order chi connectivity index (χ1) is 13.0. The molecule has 1 aliphatic carbocycles. The quantitative estimate of drug-likeness (QED) is 0.760. The summed E-state index contributed by atoms with van der Waals surface area (Å²) in [6, 6.07) is 1.65. The van der Waals surface area contributed by atoms with Crippen LogP contribution >= 0.6 is 0 Å². The second-order valence-corrected chi connectivity index (χ2v) is 6.66. The Bertz CT molecular complexity index is 770. The molecule has 0 aromatic heterocycles. The Morgan fingerprint density at radius 2 is 1.74 bits per heavy atom. The smallest absolute Gasteiger partial charge is 0.300 e. The molecule has 0 radical (unpaired) electrons. The molecule has 1 aromatic rings. The molecular weight excluding hydrogens is 352 g/mol. The zero-order valence-corrected chi connectivity index (χ0v) is 15.8. The van der Waals surface area contributed by atoms with Crippen molar-refractivity contribution < 1.29 is 28.6 Å². The van der Waals surface area contributed by atoms with Gasteiger partial charge < -0.3 is 19.5 Å². The number of anilines is 1. The van der Waals surface area contributed by atoms with Gasteiger partial charge in [-0.15, -0.1) is 0 Å². The predicted octanol–water partition coefficient (Wildman–Crippen LogP) is 1.69. The molecule has 1 N–H and O–H groups in total. The van der Waals surface area contributed by atoms with Gasteiger partial charge in [0, 0.05) is 12.1 Å². The number of methoxy groups -OCH3 is 3. The number of benzene rings is 1. The number of ether oxygens (including phenoxy) is 3. The molecule has 3 rings (SSSR count). The standard InChI is InChI=1S/C19H24N2O6/c1-25-13-9-12-15(18(27-3)17(13)26-2)16(23)19(24)21(12)10-14(22)20-11-7-5-4-6-8-11/h9,11H,4-8,10H2,1-3H3,(H,20,22). The van der Waals surface area contributed by atoms with E-state index in [0.29, 0.717) is 11.4 Å². The van der Waals surface area contributed by atoms with Crippen LogP contribution in [-0.4, -0.2) is 51.5 Å². The second-order valence-electron chi connectivity index (χ2n) is 6.66. The molecule has 0 atom stereocenters. The number of hydrogen-bond acceptors (Lipinski definition) is 6. The monoisotopic (exact) mass is 376 g/mol. The van der Waals surface area contributed by atoms with Crippen molar-refractivity contribution in [3.05, 3.63) is 11.6 Å². The van der Waals surface area contributed by atoms with Crippen LogP contribution in [0.3, 0.4) is 0 Å². The Balaban J connectivity index is 1.89. The van der Waals surface area contributed by atoms with E-state index in [-0.39, 0.29) is 35.6 Å². The van der Waals surface area contributed by atoms with Gasteiger partial charge in [-0.2, -0.15) is 0 Å². The molecule has 0 saturated heterocycles. The summed E-state index contributed by atoms with van der Waals surface area (Å²) in [4.78, 5) is 38.7. The Hall–Kier alpha value is -2.77. The molecule has 0 spiro atoms. The highest BCUT2D eigenvalue weighted by molar-refractivity contribution is 6.53. The first-order valence-electron chi connectivity index (χ1n) is 9.00. The number of Topliss-reactive ketones (excluding diaryl/α,β-unsaturated/α-hetero) is 1. The van der Waals surface area contributed by atoms with Gasteiger partial charge in [-0.1, -0.05) is 19.3 Å². The fourth-order valence-electron chi connectivity index (χ4n) is 3.74. The van der Waals surface area contributed by atoms with E-state index in [9.17, 15) is 14.4 Å². The number of rotatable bonds is 6. The third-order valence-electron chi connectivity index (χ3n) is 5.04. The van der Waals surface area contributed by atoms with Crippen LogP contribution in [0, 0.1) is 0 Å². The van der Waals surface area contributed by atoms with Crippen LogP contribution in [0.2, 0.25) is 0 Å². The molecule has 0 unspecified atom stereocenters. The van der Waals surface area contributed by atoms with Gasteiger partial charge in [0.2, 0.25) is 11.7 Å². The van der Waals surface area contributed by atoms with Gasteiger partial charge in [0.15, 0.2) is 11.5 Å². The van der Waals surface area contributed by atoms with Crippen molar-refractivity contribution in [3.63, 3.8) is 0 Å². The zero-order valence-electron chi connectivity index (χ0n) is 15.8. The number of fused-ring (bicyclic) bond motifs is 1. The Morgan fingerprint density at radius 3 is 2.33 bits per heavy atom. The number of nitrogens with zero attached hydrogens (tertiary/aromatic N) is 1. The molecule has 8 nitrogen and oxygen atoms in total. The van der Waals surface area contributed by atoms with Gasteiger partial charge in [0.1, 0.15) is 6.54 Å². The summed E-state index contributed by atoms with van der Waals surface area (Å²) in [6.45, 7) is -0.229. The summed E-state index contributed by atoms with van der Waals surface area (Å²) in [7, 11) is 4.25. The van der Waals surface area contributed by atoms with E-state index < -0.39 is 11.7 Å². The molecule has 27 heavy (non-hydrogen) atoms. The fourth-order valence-corrected chi connectivity index (χ4v) is 3.74. The van der Waals surface area contributed by atoms with E-state index in [0.717, 1.165) is 25.7 Å². The minimum Gasteiger partial charge on any atom is -0.493 e. The molecule has 1 saturated carbocycles. The molecule has 8 heteroatoms. The van der Waals surface area contributed by atoms with Crippen molar-refractivity contribution in [2.24, 2.45) is 0 Å². The number of carbonyl (C=O) groups excluding carboxylic acids is 3.